The highest BCUT2D eigenvalue weighted by atomic mass is 16.3. The average Bonchev–Trinajstić information content (AvgIpc) is 2.91. The maximum absolute atomic E-state index is 12.1. The third-order valence-electron chi connectivity index (χ3n) is 4.61. The number of aryl methyl sites for hydroxylation is 1. The van der Waals surface area contributed by atoms with Crippen molar-refractivity contribution in [2.24, 2.45) is 5.92 Å². The van der Waals surface area contributed by atoms with Gasteiger partial charge in [-0.2, -0.15) is 5.10 Å². The number of nitrogens with one attached hydrogen (secondary N) is 3. The molecular weight excluding hydrogens is 268 g/mol. The van der Waals surface area contributed by atoms with E-state index in [4.69, 9.17) is 0 Å². The summed E-state index contributed by atoms with van der Waals surface area (Å²) in [7, 11) is 0. The van der Waals surface area contributed by atoms with Crippen LogP contribution in [-0.4, -0.2) is 33.5 Å². The lowest BCUT2D eigenvalue weighted by molar-refractivity contribution is 0.101. The highest BCUT2D eigenvalue weighted by molar-refractivity contribution is 5.74. The summed E-state index contributed by atoms with van der Waals surface area (Å²) >= 11 is 0. The molecule has 6 nitrogen and oxygen atoms in total. The lowest BCUT2D eigenvalue weighted by Crippen LogP contribution is -2.57. The molecule has 1 heterocycles. The Morgan fingerprint density at radius 2 is 2.19 bits per heavy atom. The van der Waals surface area contributed by atoms with Crippen molar-refractivity contribution in [3.63, 3.8) is 0 Å². The molecule has 1 atom stereocenters. The number of aromatic nitrogens is 2. The van der Waals surface area contributed by atoms with Crippen LogP contribution in [0.2, 0.25) is 0 Å². The zero-order valence-corrected chi connectivity index (χ0v) is 12.9. The summed E-state index contributed by atoms with van der Waals surface area (Å²) in [5.74, 6) is 0.345. The summed E-state index contributed by atoms with van der Waals surface area (Å²) in [5, 5.41) is 22.3. The second kappa shape index (κ2) is 6.93. The molecule has 2 amide bonds. The lowest BCUT2D eigenvalue weighted by atomic mass is 9.76. The largest absolute Gasteiger partial charge is 0.394 e. The molecule has 1 saturated carbocycles. The van der Waals surface area contributed by atoms with Crippen LogP contribution >= 0.6 is 0 Å². The molecule has 1 aliphatic carbocycles. The maximum Gasteiger partial charge on any atom is 0.315 e. The minimum atomic E-state index is -0.546. The number of aromatic amines is 1. The molecule has 1 aromatic heterocycles. The van der Waals surface area contributed by atoms with Gasteiger partial charge >= 0.3 is 6.03 Å². The predicted octanol–water partition coefficient (Wildman–Crippen LogP) is 1.85. The molecule has 0 radical (unpaired) electrons. The fraction of sp³-hybridized carbons (Fsp3) is 0.733. The van der Waals surface area contributed by atoms with Crippen molar-refractivity contribution in [2.45, 2.75) is 58.0 Å². The fourth-order valence-corrected chi connectivity index (χ4v) is 3.04. The van der Waals surface area contributed by atoms with E-state index in [1.54, 1.807) is 6.20 Å². The topological polar surface area (TPSA) is 90.0 Å². The maximum atomic E-state index is 12.1. The number of amides is 2. The number of hydrogen-bond donors (Lipinski definition) is 4. The van der Waals surface area contributed by atoms with Gasteiger partial charge < -0.3 is 15.7 Å². The van der Waals surface area contributed by atoms with E-state index in [0.717, 1.165) is 24.1 Å². The van der Waals surface area contributed by atoms with E-state index in [-0.39, 0.29) is 12.6 Å². The van der Waals surface area contributed by atoms with Crippen LogP contribution in [0.5, 0.6) is 0 Å². The zero-order chi connectivity index (χ0) is 15.3. The van der Waals surface area contributed by atoms with E-state index in [2.05, 4.69) is 20.8 Å². The van der Waals surface area contributed by atoms with E-state index >= 15 is 0 Å². The van der Waals surface area contributed by atoms with Crippen LogP contribution in [0.1, 0.15) is 50.3 Å². The number of hydrogen-bond acceptors (Lipinski definition) is 3. The molecule has 1 fully saturated rings. The number of nitrogens with zero attached hydrogens (tertiary/aromatic N) is 1. The Kier molecular flexibility index (Phi) is 5.22. The van der Waals surface area contributed by atoms with Crippen LogP contribution in [0, 0.1) is 12.8 Å². The number of carbonyl (C=O) groups is 1. The minimum Gasteiger partial charge on any atom is -0.394 e. The molecule has 2 rings (SSSR count). The van der Waals surface area contributed by atoms with Crippen LogP contribution in [0.3, 0.4) is 0 Å². The first-order valence-electron chi connectivity index (χ1n) is 7.71. The molecule has 1 aliphatic rings. The quantitative estimate of drug-likeness (QED) is 0.668. The van der Waals surface area contributed by atoms with Gasteiger partial charge in [0.25, 0.3) is 0 Å². The molecule has 0 saturated heterocycles. The van der Waals surface area contributed by atoms with E-state index in [1.807, 2.05) is 13.8 Å². The molecule has 1 aromatic rings. The molecule has 0 aromatic carbocycles. The highest BCUT2D eigenvalue weighted by Crippen LogP contribution is 2.32. The Morgan fingerprint density at radius 3 is 2.76 bits per heavy atom. The van der Waals surface area contributed by atoms with Gasteiger partial charge in [0.05, 0.1) is 18.3 Å². The first kappa shape index (κ1) is 15.8. The van der Waals surface area contributed by atoms with Crippen LogP contribution < -0.4 is 10.6 Å². The van der Waals surface area contributed by atoms with E-state index < -0.39 is 5.54 Å². The summed E-state index contributed by atoms with van der Waals surface area (Å²) in [5.41, 5.74) is 1.37. The van der Waals surface area contributed by atoms with E-state index in [1.165, 1.54) is 19.3 Å². The highest BCUT2D eigenvalue weighted by Gasteiger charge is 2.35. The van der Waals surface area contributed by atoms with E-state index in [0.29, 0.717) is 12.5 Å². The molecule has 21 heavy (non-hydrogen) atoms. The summed E-state index contributed by atoms with van der Waals surface area (Å²) in [6, 6.07) is -0.238. The van der Waals surface area contributed by atoms with Crippen molar-refractivity contribution in [3.8, 4) is 0 Å². The van der Waals surface area contributed by atoms with Crippen molar-refractivity contribution in [3.05, 3.63) is 17.5 Å². The monoisotopic (exact) mass is 294 g/mol. The molecule has 4 N–H and O–H groups in total. The Bertz CT molecular complexity index is 468. The summed E-state index contributed by atoms with van der Waals surface area (Å²) < 4.78 is 0. The molecule has 1 unspecified atom stereocenters. The number of carbonyl (C=O) groups excluding carboxylic acids is 1. The second-order valence-electron chi connectivity index (χ2n) is 6.24. The van der Waals surface area contributed by atoms with Gasteiger partial charge in [-0.25, -0.2) is 4.79 Å². The van der Waals surface area contributed by atoms with Crippen LogP contribution in [-0.2, 0) is 6.54 Å². The van der Waals surface area contributed by atoms with E-state index in [9.17, 15) is 9.90 Å². The molecule has 118 valence electrons. The van der Waals surface area contributed by atoms with Crippen LogP contribution in [0.15, 0.2) is 6.20 Å². The molecule has 0 aliphatic heterocycles. The summed E-state index contributed by atoms with van der Waals surface area (Å²) in [6.07, 6.45) is 7.46. The Balaban J connectivity index is 1.88. The zero-order valence-electron chi connectivity index (χ0n) is 12.9. The van der Waals surface area contributed by atoms with Crippen molar-refractivity contribution in [1.82, 2.24) is 20.8 Å². The first-order valence-corrected chi connectivity index (χ1v) is 7.71. The normalized spacial score (nSPS) is 19.0. The van der Waals surface area contributed by atoms with Gasteiger partial charge in [0.15, 0.2) is 0 Å². The van der Waals surface area contributed by atoms with Gasteiger partial charge in [-0.05, 0) is 32.6 Å². The average molecular weight is 294 g/mol. The Hall–Kier alpha value is -1.56. The van der Waals surface area contributed by atoms with Crippen molar-refractivity contribution in [2.75, 3.05) is 6.61 Å². The third kappa shape index (κ3) is 3.97. The molecule has 0 bridgehead atoms. The molecule has 0 spiro atoms. The van der Waals surface area contributed by atoms with Gasteiger partial charge in [-0.15, -0.1) is 0 Å². The van der Waals surface area contributed by atoms with Gasteiger partial charge in [-0.3, -0.25) is 5.10 Å². The van der Waals surface area contributed by atoms with Crippen molar-refractivity contribution in [1.29, 1.82) is 0 Å². The third-order valence-corrected chi connectivity index (χ3v) is 4.61. The van der Waals surface area contributed by atoms with Crippen molar-refractivity contribution >= 4 is 6.03 Å². The van der Waals surface area contributed by atoms with Gasteiger partial charge in [-0.1, -0.05) is 19.3 Å². The SMILES string of the molecule is Cc1[nH]ncc1CNC(=O)NC(C)(CO)C1CCCCC1. The number of aliphatic hydroxyl groups excluding tert-OH is 1. The van der Waals surface area contributed by atoms with Gasteiger partial charge in [0, 0.05) is 17.8 Å². The number of H-pyrrole nitrogens is 1. The number of urea groups is 1. The smallest absolute Gasteiger partial charge is 0.315 e. The molecular formula is C15H26N4O2. The molecule has 6 heteroatoms. The first-order chi connectivity index (χ1) is 10.0. The fourth-order valence-electron chi connectivity index (χ4n) is 3.04. The number of rotatable bonds is 5. The predicted molar refractivity (Wildman–Crippen MR) is 80.8 cm³/mol. The van der Waals surface area contributed by atoms with Crippen LogP contribution in [0.25, 0.3) is 0 Å². The van der Waals surface area contributed by atoms with Gasteiger partial charge in [0.2, 0.25) is 0 Å². The lowest BCUT2D eigenvalue weighted by Gasteiger charge is -2.39. The van der Waals surface area contributed by atoms with Crippen molar-refractivity contribution < 1.29 is 9.90 Å². The summed E-state index contributed by atoms with van der Waals surface area (Å²) in [4.78, 5) is 12.1. The minimum absolute atomic E-state index is 0.0319. The Labute approximate surface area is 125 Å². The second-order valence-corrected chi connectivity index (χ2v) is 6.24. The standard InChI is InChI=1S/C15H26N4O2/c1-11-12(9-17-19-11)8-16-14(21)18-15(2,10-20)13-6-4-3-5-7-13/h9,13,20H,3-8,10H2,1-2H3,(H,17,19)(H2,16,18,21). The van der Waals surface area contributed by atoms with Crippen LogP contribution in [0.4, 0.5) is 4.79 Å². The van der Waals surface area contributed by atoms with Gasteiger partial charge in [0.1, 0.15) is 0 Å². The summed E-state index contributed by atoms with van der Waals surface area (Å²) in [6.45, 7) is 4.25. The Morgan fingerprint density at radius 1 is 1.48 bits per heavy atom. The number of aliphatic hydroxyl groups is 1.